The number of para-hydroxylation sites is 1. The van der Waals surface area contributed by atoms with E-state index < -0.39 is 12.1 Å². The predicted octanol–water partition coefficient (Wildman–Crippen LogP) is 3.21. The monoisotopic (exact) mass is 310 g/mol. The van der Waals surface area contributed by atoms with Gasteiger partial charge in [-0.25, -0.2) is 4.79 Å². The molecule has 2 aromatic heterocycles. The number of hydrogen-bond donors (Lipinski definition) is 2. The predicted molar refractivity (Wildman–Crippen MR) is 87.2 cm³/mol. The second-order valence-corrected chi connectivity index (χ2v) is 5.25. The third-order valence-electron chi connectivity index (χ3n) is 3.63. The highest BCUT2D eigenvalue weighted by Crippen LogP contribution is 2.31. The number of carbonyl (C=O) groups excluding carboxylic acids is 1. The van der Waals surface area contributed by atoms with E-state index in [4.69, 9.17) is 4.74 Å². The molecule has 0 spiro atoms. The first kappa shape index (κ1) is 15.2. The quantitative estimate of drug-likeness (QED) is 0.710. The summed E-state index contributed by atoms with van der Waals surface area (Å²) in [6.45, 7) is 2.27. The molecule has 1 atom stereocenters. The summed E-state index contributed by atoms with van der Waals surface area (Å²) in [6.07, 6.45) is 1.35. The van der Waals surface area contributed by atoms with Crippen LogP contribution < -0.4 is 0 Å². The van der Waals surface area contributed by atoms with Gasteiger partial charge in [-0.15, -0.1) is 0 Å². The van der Waals surface area contributed by atoms with Gasteiger partial charge in [0, 0.05) is 22.7 Å². The number of esters is 1. The maximum absolute atomic E-state index is 12.3. The molecule has 0 bridgehead atoms. The number of H-pyrrole nitrogens is 1. The molecule has 3 rings (SSSR count). The molecular formula is C18H18N2O3. The fraction of sp³-hybridized carbons (Fsp3) is 0.222. The minimum atomic E-state index is -1.00. The van der Waals surface area contributed by atoms with E-state index in [0.29, 0.717) is 17.9 Å². The Kier molecular flexibility index (Phi) is 4.39. The normalized spacial score (nSPS) is 12.3. The fourth-order valence-corrected chi connectivity index (χ4v) is 2.56. The number of aromatic nitrogens is 2. The van der Waals surface area contributed by atoms with Gasteiger partial charge in [0.2, 0.25) is 0 Å². The molecule has 0 radical (unpaired) electrons. The number of aromatic amines is 1. The first-order valence-electron chi connectivity index (χ1n) is 7.59. The number of pyridine rings is 1. The Bertz CT molecular complexity index is 812. The van der Waals surface area contributed by atoms with E-state index in [1.807, 2.05) is 31.2 Å². The molecule has 0 saturated heterocycles. The molecule has 0 amide bonds. The Balaban J connectivity index is 2.11. The van der Waals surface area contributed by atoms with E-state index in [1.54, 1.807) is 24.4 Å². The summed E-state index contributed by atoms with van der Waals surface area (Å²) in [6, 6.07) is 12.8. The van der Waals surface area contributed by atoms with E-state index in [2.05, 4.69) is 9.97 Å². The highest BCUT2D eigenvalue weighted by molar-refractivity contribution is 5.98. The minimum Gasteiger partial charge on any atom is -0.461 e. The zero-order chi connectivity index (χ0) is 16.2. The van der Waals surface area contributed by atoms with Crippen molar-refractivity contribution in [2.75, 3.05) is 6.61 Å². The molecule has 0 aliphatic heterocycles. The largest absolute Gasteiger partial charge is 0.461 e. The van der Waals surface area contributed by atoms with Crippen molar-refractivity contribution in [3.8, 4) is 0 Å². The first-order valence-corrected chi connectivity index (χ1v) is 7.59. The number of hydrogen-bond acceptors (Lipinski definition) is 4. The molecule has 0 aliphatic carbocycles. The van der Waals surface area contributed by atoms with Crippen molar-refractivity contribution < 1.29 is 14.6 Å². The van der Waals surface area contributed by atoms with Crippen LogP contribution in [0.4, 0.5) is 0 Å². The van der Waals surface area contributed by atoms with Gasteiger partial charge in [-0.1, -0.05) is 31.2 Å². The molecule has 1 aromatic carbocycles. The molecule has 0 aliphatic rings. The van der Waals surface area contributed by atoms with Gasteiger partial charge in [0.1, 0.15) is 11.8 Å². The van der Waals surface area contributed by atoms with Gasteiger partial charge >= 0.3 is 5.97 Å². The third kappa shape index (κ3) is 2.96. The van der Waals surface area contributed by atoms with Gasteiger partial charge in [0.15, 0.2) is 0 Å². The fourth-order valence-electron chi connectivity index (χ4n) is 2.56. The summed E-state index contributed by atoms with van der Waals surface area (Å²) in [7, 11) is 0. The number of ether oxygens (including phenoxy) is 1. The van der Waals surface area contributed by atoms with Crippen LogP contribution in [0.15, 0.2) is 48.7 Å². The van der Waals surface area contributed by atoms with Crippen LogP contribution in [0, 0.1) is 0 Å². The average Bonchev–Trinajstić information content (AvgIpc) is 2.99. The standard InChI is InChI=1S/C18H18N2O3/c1-2-11-23-18(22)16-15(12-7-3-4-8-13(12)20-16)17(21)14-9-5-6-10-19-14/h3-10,17,20-21H,2,11H2,1H3/t17-/m1/s1. The Morgan fingerprint density at radius 2 is 2.04 bits per heavy atom. The van der Waals surface area contributed by atoms with Crippen LogP contribution in [0.25, 0.3) is 10.9 Å². The molecule has 118 valence electrons. The summed E-state index contributed by atoms with van der Waals surface area (Å²) < 4.78 is 5.23. The van der Waals surface area contributed by atoms with Gasteiger partial charge in [0.25, 0.3) is 0 Å². The van der Waals surface area contributed by atoms with Crippen molar-refractivity contribution in [2.24, 2.45) is 0 Å². The lowest BCUT2D eigenvalue weighted by atomic mass is 10.0. The number of aliphatic hydroxyl groups excluding tert-OH is 1. The average molecular weight is 310 g/mol. The van der Waals surface area contributed by atoms with Crippen LogP contribution in [-0.4, -0.2) is 27.7 Å². The molecule has 0 fully saturated rings. The van der Waals surface area contributed by atoms with E-state index in [-0.39, 0.29) is 5.69 Å². The molecule has 5 nitrogen and oxygen atoms in total. The Morgan fingerprint density at radius 3 is 2.78 bits per heavy atom. The smallest absolute Gasteiger partial charge is 0.355 e. The number of fused-ring (bicyclic) bond motifs is 1. The molecule has 3 aromatic rings. The minimum absolute atomic E-state index is 0.276. The summed E-state index contributed by atoms with van der Waals surface area (Å²) in [5, 5.41) is 11.5. The zero-order valence-electron chi connectivity index (χ0n) is 12.8. The van der Waals surface area contributed by atoms with Crippen LogP contribution in [0.3, 0.4) is 0 Å². The lowest BCUT2D eigenvalue weighted by Crippen LogP contribution is -2.12. The van der Waals surface area contributed by atoms with Gasteiger partial charge in [-0.2, -0.15) is 0 Å². The molecule has 0 unspecified atom stereocenters. The van der Waals surface area contributed by atoms with Crippen LogP contribution in [0.2, 0.25) is 0 Å². The topological polar surface area (TPSA) is 75.2 Å². The van der Waals surface area contributed by atoms with Crippen molar-refractivity contribution in [3.05, 3.63) is 65.6 Å². The van der Waals surface area contributed by atoms with Crippen molar-refractivity contribution in [2.45, 2.75) is 19.4 Å². The van der Waals surface area contributed by atoms with Crippen LogP contribution in [0.5, 0.6) is 0 Å². The summed E-state index contributed by atoms with van der Waals surface area (Å²) >= 11 is 0. The highest BCUT2D eigenvalue weighted by atomic mass is 16.5. The first-order chi connectivity index (χ1) is 11.2. The number of nitrogens with zero attached hydrogens (tertiary/aromatic N) is 1. The second-order valence-electron chi connectivity index (χ2n) is 5.25. The Labute approximate surface area is 133 Å². The molecule has 0 saturated carbocycles. The molecule has 23 heavy (non-hydrogen) atoms. The zero-order valence-corrected chi connectivity index (χ0v) is 12.8. The molecular weight excluding hydrogens is 292 g/mol. The van der Waals surface area contributed by atoms with Crippen molar-refractivity contribution in [1.29, 1.82) is 0 Å². The molecule has 2 heterocycles. The van der Waals surface area contributed by atoms with Crippen molar-refractivity contribution >= 4 is 16.9 Å². The van der Waals surface area contributed by atoms with Crippen molar-refractivity contribution in [1.82, 2.24) is 9.97 Å². The second kappa shape index (κ2) is 6.62. The highest BCUT2D eigenvalue weighted by Gasteiger charge is 2.25. The van der Waals surface area contributed by atoms with Crippen molar-refractivity contribution in [3.63, 3.8) is 0 Å². The lowest BCUT2D eigenvalue weighted by Gasteiger charge is -2.12. The Morgan fingerprint density at radius 1 is 1.26 bits per heavy atom. The summed E-state index contributed by atoms with van der Waals surface area (Å²) in [5.74, 6) is -0.465. The van der Waals surface area contributed by atoms with E-state index >= 15 is 0 Å². The maximum atomic E-state index is 12.3. The molecule has 2 N–H and O–H groups in total. The van der Waals surface area contributed by atoms with E-state index in [1.165, 1.54) is 0 Å². The molecule has 5 heteroatoms. The van der Waals surface area contributed by atoms with Gasteiger partial charge in [0.05, 0.1) is 12.3 Å². The number of nitrogens with one attached hydrogen (secondary N) is 1. The summed E-state index contributed by atoms with van der Waals surface area (Å²) in [4.78, 5) is 19.6. The Hall–Kier alpha value is -2.66. The third-order valence-corrected chi connectivity index (χ3v) is 3.63. The van der Waals surface area contributed by atoms with Crippen LogP contribution in [0.1, 0.15) is 41.2 Å². The number of carbonyl (C=O) groups is 1. The van der Waals surface area contributed by atoms with Gasteiger partial charge < -0.3 is 14.8 Å². The SMILES string of the molecule is CCCOC(=O)c1[nH]c2ccccc2c1[C@H](O)c1ccccn1. The summed E-state index contributed by atoms with van der Waals surface area (Å²) in [5.41, 5.74) is 2.04. The van der Waals surface area contributed by atoms with Crippen LogP contribution >= 0.6 is 0 Å². The number of benzene rings is 1. The van der Waals surface area contributed by atoms with Gasteiger partial charge in [-0.05, 0) is 24.6 Å². The van der Waals surface area contributed by atoms with E-state index in [9.17, 15) is 9.90 Å². The maximum Gasteiger partial charge on any atom is 0.355 e. The number of aliphatic hydroxyl groups is 1. The lowest BCUT2D eigenvalue weighted by molar-refractivity contribution is 0.0494. The van der Waals surface area contributed by atoms with Gasteiger partial charge in [-0.3, -0.25) is 4.98 Å². The van der Waals surface area contributed by atoms with E-state index in [0.717, 1.165) is 17.3 Å². The van der Waals surface area contributed by atoms with Crippen LogP contribution in [-0.2, 0) is 4.74 Å². The number of rotatable bonds is 5.